The van der Waals surface area contributed by atoms with E-state index in [1.165, 1.54) is 22.0 Å². The Balaban J connectivity index is 1.79. The lowest BCUT2D eigenvalue weighted by molar-refractivity contribution is -0.130. The minimum absolute atomic E-state index is 0.146. The number of nitrogens with one attached hydrogen (secondary N) is 2. The SMILES string of the molecule is CCCC1(C(N)=O)CN[C@@H]2Cc3c[nH]c4cccc(c34)[C@H]2C1. The highest BCUT2D eigenvalue weighted by Crippen LogP contribution is 2.46. The highest BCUT2D eigenvalue weighted by atomic mass is 16.1. The number of aromatic amines is 1. The van der Waals surface area contributed by atoms with E-state index in [0.29, 0.717) is 18.5 Å². The number of aromatic nitrogens is 1. The van der Waals surface area contributed by atoms with Crippen LogP contribution in [0.1, 0.15) is 43.2 Å². The van der Waals surface area contributed by atoms with Crippen LogP contribution in [0.5, 0.6) is 0 Å². The van der Waals surface area contributed by atoms with E-state index in [1.807, 2.05) is 0 Å². The number of carbonyl (C=O) groups excluding carboxylic acids is 1. The van der Waals surface area contributed by atoms with Crippen molar-refractivity contribution in [2.45, 2.75) is 44.6 Å². The van der Waals surface area contributed by atoms with E-state index >= 15 is 0 Å². The topological polar surface area (TPSA) is 70.9 Å². The van der Waals surface area contributed by atoms with Crippen LogP contribution in [0.25, 0.3) is 10.9 Å². The Morgan fingerprint density at radius 2 is 2.32 bits per heavy atom. The van der Waals surface area contributed by atoms with Crippen LogP contribution in [0.2, 0.25) is 0 Å². The van der Waals surface area contributed by atoms with Gasteiger partial charge < -0.3 is 16.0 Å². The zero-order valence-corrected chi connectivity index (χ0v) is 13.0. The second-order valence-corrected chi connectivity index (χ2v) is 6.98. The number of carbonyl (C=O) groups is 1. The first kappa shape index (κ1) is 13.8. The van der Waals surface area contributed by atoms with Gasteiger partial charge in [0.1, 0.15) is 0 Å². The predicted molar refractivity (Wildman–Crippen MR) is 87.7 cm³/mol. The van der Waals surface area contributed by atoms with Gasteiger partial charge in [-0.05, 0) is 36.5 Å². The Morgan fingerprint density at radius 3 is 3.09 bits per heavy atom. The van der Waals surface area contributed by atoms with Gasteiger partial charge in [0.15, 0.2) is 0 Å². The third-order valence-electron chi connectivity index (χ3n) is 5.71. The first-order valence-electron chi connectivity index (χ1n) is 8.27. The molecule has 0 bridgehead atoms. The molecule has 116 valence electrons. The predicted octanol–water partition coefficient (Wildman–Crippen LogP) is 2.44. The van der Waals surface area contributed by atoms with Crippen LogP contribution >= 0.6 is 0 Å². The molecule has 4 rings (SSSR count). The molecule has 1 unspecified atom stereocenters. The summed E-state index contributed by atoms with van der Waals surface area (Å²) >= 11 is 0. The van der Waals surface area contributed by atoms with Gasteiger partial charge in [-0.3, -0.25) is 4.79 Å². The number of fused-ring (bicyclic) bond motifs is 2. The van der Waals surface area contributed by atoms with Crippen molar-refractivity contribution in [3.63, 3.8) is 0 Å². The van der Waals surface area contributed by atoms with Gasteiger partial charge in [-0.15, -0.1) is 0 Å². The molecule has 4 nitrogen and oxygen atoms in total. The molecule has 0 saturated carbocycles. The average molecular weight is 297 g/mol. The Hall–Kier alpha value is -1.81. The number of primary amides is 1. The fourth-order valence-electron chi connectivity index (χ4n) is 4.62. The van der Waals surface area contributed by atoms with Crippen molar-refractivity contribution in [3.05, 3.63) is 35.5 Å². The van der Waals surface area contributed by atoms with E-state index in [1.54, 1.807) is 0 Å². The van der Waals surface area contributed by atoms with E-state index < -0.39 is 5.41 Å². The fourth-order valence-corrected chi connectivity index (χ4v) is 4.62. The lowest BCUT2D eigenvalue weighted by atomic mass is 9.65. The highest BCUT2D eigenvalue weighted by molar-refractivity contribution is 5.89. The van der Waals surface area contributed by atoms with Gasteiger partial charge in [-0.25, -0.2) is 0 Å². The molecular formula is C18H23N3O. The van der Waals surface area contributed by atoms with Gasteiger partial charge in [0.2, 0.25) is 5.91 Å². The van der Waals surface area contributed by atoms with Crippen LogP contribution in [0.15, 0.2) is 24.4 Å². The van der Waals surface area contributed by atoms with Gasteiger partial charge in [0, 0.05) is 35.6 Å². The third-order valence-corrected chi connectivity index (χ3v) is 5.71. The van der Waals surface area contributed by atoms with Crippen molar-refractivity contribution < 1.29 is 4.79 Å². The molecule has 1 saturated heterocycles. The fraction of sp³-hybridized carbons (Fsp3) is 0.500. The quantitative estimate of drug-likeness (QED) is 0.814. The maximum absolute atomic E-state index is 12.2. The average Bonchev–Trinajstić information content (AvgIpc) is 2.93. The monoisotopic (exact) mass is 297 g/mol. The molecule has 3 atom stereocenters. The molecule has 1 aromatic carbocycles. The van der Waals surface area contributed by atoms with E-state index in [9.17, 15) is 4.79 Å². The smallest absolute Gasteiger partial charge is 0.224 e. The van der Waals surface area contributed by atoms with E-state index in [4.69, 9.17) is 5.73 Å². The van der Waals surface area contributed by atoms with E-state index in [0.717, 1.165) is 25.7 Å². The molecule has 1 aromatic heterocycles. The van der Waals surface area contributed by atoms with Crippen LogP contribution in [0, 0.1) is 5.41 Å². The summed E-state index contributed by atoms with van der Waals surface area (Å²) in [6, 6.07) is 6.88. The number of amides is 1. The Morgan fingerprint density at radius 1 is 1.45 bits per heavy atom. The van der Waals surface area contributed by atoms with Gasteiger partial charge >= 0.3 is 0 Å². The van der Waals surface area contributed by atoms with Crippen molar-refractivity contribution in [3.8, 4) is 0 Å². The number of hydrogen-bond acceptors (Lipinski definition) is 2. The Labute approximate surface area is 130 Å². The normalized spacial score (nSPS) is 30.2. The van der Waals surface area contributed by atoms with Crippen LogP contribution in [-0.2, 0) is 11.2 Å². The van der Waals surface area contributed by atoms with E-state index in [2.05, 4.69) is 41.6 Å². The highest BCUT2D eigenvalue weighted by Gasteiger charge is 2.46. The Bertz CT molecular complexity index is 735. The minimum Gasteiger partial charge on any atom is -0.369 e. The molecular weight excluding hydrogens is 274 g/mol. The first-order valence-corrected chi connectivity index (χ1v) is 8.27. The lowest BCUT2D eigenvalue weighted by Crippen LogP contribution is -2.56. The van der Waals surface area contributed by atoms with Crippen molar-refractivity contribution in [1.29, 1.82) is 0 Å². The first-order chi connectivity index (χ1) is 10.6. The molecule has 0 spiro atoms. The summed E-state index contributed by atoms with van der Waals surface area (Å²) in [7, 11) is 0. The number of hydrogen-bond donors (Lipinski definition) is 3. The van der Waals surface area contributed by atoms with Gasteiger partial charge in [0.05, 0.1) is 5.41 Å². The summed E-state index contributed by atoms with van der Waals surface area (Å²) in [5.74, 6) is 0.229. The summed E-state index contributed by atoms with van der Waals surface area (Å²) in [6.45, 7) is 2.84. The zero-order chi connectivity index (χ0) is 15.3. The molecule has 2 aromatic rings. The minimum atomic E-state index is -0.397. The molecule has 4 N–H and O–H groups in total. The van der Waals surface area contributed by atoms with Gasteiger partial charge in [0.25, 0.3) is 0 Å². The summed E-state index contributed by atoms with van der Waals surface area (Å²) in [5, 5.41) is 5.00. The molecule has 0 radical (unpaired) electrons. The van der Waals surface area contributed by atoms with Crippen LogP contribution < -0.4 is 11.1 Å². The summed E-state index contributed by atoms with van der Waals surface area (Å²) in [5.41, 5.74) is 9.37. The van der Waals surface area contributed by atoms with Crippen LogP contribution in [0.4, 0.5) is 0 Å². The van der Waals surface area contributed by atoms with Crippen molar-refractivity contribution in [1.82, 2.24) is 10.3 Å². The molecule has 22 heavy (non-hydrogen) atoms. The summed E-state index contributed by atoms with van der Waals surface area (Å²) in [6.07, 6.45) is 5.89. The molecule has 1 amide bonds. The molecule has 4 heteroatoms. The van der Waals surface area contributed by atoms with Crippen molar-refractivity contribution >= 4 is 16.8 Å². The third kappa shape index (κ3) is 1.83. The maximum atomic E-state index is 12.2. The van der Waals surface area contributed by atoms with Crippen molar-refractivity contribution in [2.24, 2.45) is 11.1 Å². The number of rotatable bonds is 3. The number of H-pyrrole nitrogens is 1. The lowest BCUT2D eigenvalue weighted by Gasteiger charge is -2.45. The largest absolute Gasteiger partial charge is 0.369 e. The number of nitrogens with two attached hydrogens (primary N) is 1. The zero-order valence-electron chi connectivity index (χ0n) is 13.0. The maximum Gasteiger partial charge on any atom is 0.224 e. The molecule has 2 heterocycles. The molecule has 2 aliphatic rings. The standard InChI is InChI=1S/C18H23N3O/c1-2-6-18(17(19)22)8-13-12-4-3-5-14-16(12)11(9-20-14)7-15(13)21-10-18/h3-5,9,13,15,20-21H,2,6-8,10H2,1H3,(H2,19,22)/t13-,15-,18?/m1/s1. The molecule has 1 aliphatic carbocycles. The second-order valence-electron chi connectivity index (χ2n) is 6.98. The van der Waals surface area contributed by atoms with E-state index in [-0.39, 0.29) is 5.91 Å². The van der Waals surface area contributed by atoms with Gasteiger partial charge in [-0.2, -0.15) is 0 Å². The summed E-state index contributed by atoms with van der Waals surface area (Å²) in [4.78, 5) is 15.5. The second kappa shape index (κ2) is 4.85. The summed E-state index contributed by atoms with van der Waals surface area (Å²) < 4.78 is 0. The Kier molecular flexibility index (Phi) is 3.05. The van der Waals surface area contributed by atoms with Gasteiger partial charge in [-0.1, -0.05) is 25.5 Å². The number of benzene rings is 1. The van der Waals surface area contributed by atoms with Crippen LogP contribution in [0.3, 0.4) is 0 Å². The molecule has 1 aliphatic heterocycles. The molecule has 1 fully saturated rings. The van der Waals surface area contributed by atoms with Crippen LogP contribution in [-0.4, -0.2) is 23.5 Å². The van der Waals surface area contributed by atoms with Crippen molar-refractivity contribution in [2.75, 3.05) is 6.54 Å². The number of piperidine rings is 1.